The molecule has 1 aromatic carbocycles. The van der Waals surface area contributed by atoms with Crippen molar-refractivity contribution in [2.75, 3.05) is 0 Å². The standard InChI is InChI=1S/C8H8BBr/c9-5-7-2-1-3-8(4-7)6-10/h1-4H,5-6H2. The van der Waals surface area contributed by atoms with Gasteiger partial charge in [0.05, 0.1) is 7.85 Å². The van der Waals surface area contributed by atoms with E-state index >= 15 is 0 Å². The molecule has 1 aromatic rings. The van der Waals surface area contributed by atoms with E-state index in [1.807, 2.05) is 12.1 Å². The molecule has 0 aliphatic carbocycles. The third kappa shape index (κ3) is 1.88. The van der Waals surface area contributed by atoms with Gasteiger partial charge in [0.15, 0.2) is 0 Å². The van der Waals surface area contributed by atoms with E-state index in [9.17, 15) is 0 Å². The Hall–Kier alpha value is -0.235. The third-order valence-corrected chi connectivity index (χ3v) is 2.03. The van der Waals surface area contributed by atoms with Crippen molar-refractivity contribution >= 4 is 23.8 Å². The third-order valence-electron chi connectivity index (χ3n) is 1.38. The van der Waals surface area contributed by atoms with Gasteiger partial charge in [-0.05, 0) is 5.56 Å². The highest BCUT2D eigenvalue weighted by Gasteiger charge is 1.90. The number of hydrogen-bond acceptors (Lipinski definition) is 0. The van der Waals surface area contributed by atoms with Gasteiger partial charge >= 0.3 is 0 Å². The lowest BCUT2D eigenvalue weighted by Crippen LogP contribution is -1.84. The van der Waals surface area contributed by atoms with Crippen molar-refractivity contribution in [1.82, 2.24) is 0 Å². The molecule has 0 atom stereocenters. The summed E-state index contributed by atoms with van der Waals surface area (Å²) in [5.74, 6) is 0. The minimum atomic E-state index is 0.626. The van der Waals surface area contributed by atoms with Gasteiger partial charge in [0.1, 0.15) is 0 Å². The topological polar surface area (TPSA) is 0 Å². The number of hydrogen-bond donors (Lipinski definition) is 0. The first-order chi connectivity index (χ1) is 4.86. The maximum Gasteiger partial charge on any atom is 0.0716 e. The summed E-state index contributed by atoms with van der Waals surface area (Å²) >= 11 is 3.38. The molecule has 50 valence electrons. The smallest absolute Gasteiger partial charge is 0.0716 e. The number of rotatable bonds is 2. The molecule has 0 aromatic heterocycles. The molecule has 0 aliphatic heterocycles. The van der Waals surface area contributed by atoms with Crippen molar-refractivity contribution in [2.24, 2.45) is 0 Å². The minimum absolute atomic E-state index is 0.626. The lowest BCUT2D eigenvalue weighted by Gasteiger charge is -1.98. The van der Waals surface area contributed by atoms with Crippen LogP contribution in [0.2, 0.25) is 0 Å². The zero-order valence-electron chi connectivity index (χ0n) is 5.68. The lowest BCUT2D eigenvalue weighted by atomic mass is 9.96. The highest BCUT2D eigenvalue weighted by molar-refractivity contribution is 9.08. The van der Waals surface area contributed by atoms with Crippen LogP contribution in [0.3, 0.4) is 0 Å². The van der Waals surface area contributed by atoms with Crippen LogP contribution in [0.1, 0.15) is 11.1 Å². The molecule has 10 heavy (non-hydrogen) atoms. The SMILES string of the molecule is [B]Cc1cccc(CBr)c1. The Morgan fingerprint density at radius 2 is 2.00 bits per heavy atom. The predicted octanol–water partition coefficient (Wildman–Crippen LogP) is 2.25. The molecule has 0 nitrogen and oxygen atoms in total. The maximum absolute atomic E-state index is 5.46. The van der Waals surface area contributed by atoms with Crippen LogP contribution in [0.4, 0.5) is 0 Å². The van der Waals surface area contributed by atoms with Gasteiger partial charge in [0, 0.05) is 5.33 Å². The van der Waals surface area contributed by atoms with Gasteiger partial charge in [-0.25, -0.2) is 0 Å². The Bertz CT molecular complexity index is 191. The van der Waals surface area contributed by atoms with E-state index in [4.69, 9.17) is 7.85 Å². The molecule has 0 saturated heterocycles. The summed E-state index contributed by atoms with van der Waals surface area (Å²) in [6.07, 6.45) is 0.626. The molecule has 0 N–H and O–H groups in total. The molecule has 0 unspecified atom stereocenters. The van der Waals surface area contributed by atoms with E-state index < -0.39 is 0 Å². The summed E-state index contributed by atoms with van der Waals surface area (Å²) in [5.41, 5.74) is 2.47. The molecule has 0 heterocycles. The second-order valence-electron chi connectivity index (χ2n) is 2.16. The van der Waals surface area contributed by atoms with Crippen LogP contribution in [0.15, 0.2) is 24.3 Å². The van der Waals surface area contributed by atoms with Gasteiger partial charge in [0.25, 0.3) is 0 Å². The molecule has 2 heteroatoms. The largest absolute Gasteiger partial charge is 0.0876 e. The first kappa shape index (κ1) is 7.87. The van der Waals surface area contributed by atoms with Crippen LogP contribution >= 0.6 is 15.9 Å². The molecule has 2 radical (unpaired) electrons. The molecular weight excluding hydrogens is 187 g/mol. The molecule has 0 amide bonds. The summed E-state index contributed by atoms with van der Waals surface area (Å²) in [4.78, 5) is 0. The van der Waals surface area contributed by atoms with Gasteiger partial charge < -0.3 is 0 Å². The molecular formula is C8H8BBr. The predicted molar refractivity (Wildman–Crippen MR) is 48.5 cm³/mol. The van der Waals surface area contributed by atoms with E-state index in [0.717, 1.165) is 5.33 Å². The Balaban J connectivity index is 2.87. The first-order valence-corrected chi connectivity index (χ1v) is 4.33. The van der Waals surface area contributed by atoms with Gasteiger partial charge in [-0.1, -0.05) is 52.1 Å². The zero-order valence-corrected chi connectivity index (χ0v) is 7.26. The fourth-order valence-electron chi connectivity index (χ4n) is 0.840. The summed E-state index contributed by atoms with van der Waals surface area (Å²) in [5, 5.41) is 0.904. The summed E-state index contributed by atoms with van der Waals surface area (Å²) in [7, 11) is 5.46. The van der Waals surface area contributed by atoms with Crippen molar-refractivity contribution in [2.45, 2.75) is 11.7 Å². The van der Waals surface area contributed by atoms with E-state index in [2.05, 4.69) is 28.1 Å². The van der Waals surface area contributed by atoms with Crippen LogP contribution in [-0.2, 0) is 11.7 Å². The van der Waals surface area contributed by atoms with Crippen LogP contribution in [0, 0.1) is 0 Å². The van der Waals surface area contributed by atoms with Gasteiger partial charge in [0.2, 0.25) is 0 Å². The fourth-order valence-corrected chi connectivity index (χ4v) is 1.19. The van der Waals surface area contributed by atoms with Gasteiger partial charge in [-0.2, -0.15) is 0 Å². The van der Waals surface area contributed by atoms with Gasteiger partial charge in [-0.15, -0.1) is 0 Å². The van der Waals surface area contributed by atoms with Crippen molar-refractivity contribution in [1.29, 1.82) is 0 Å². The Kier molecular flexibility index (Phi) is 3.00. The van der Waals surface area contributed by atoms with Crippen LogP contribution < -0.4 is 0 Å². The summed E-state index contributed by atoms with van der Waals surface area (Å²) in [6.45, 7) is 0. The van der Waals surface area contributed by atoms with Crippen molar-refractivity contribution in [3.05, 3.63) is 35.4 Å². The quantitative estimate of drug-likeness (QED) is 0.501. The Morgan fingerprint density at radius 1 is 1.30 bits per heavy atom. The average Bonchev–Trinajstić information content (AvgIpc) is 2.05. The molecule has 0 saturated carbocycles. The molecule has 0 fully saturated rings. The molecule has 0 bridgehead atoms. The van der Waals surface area contributed by atoms with Crippen molar-refractivity contribution < 1.29 is 0 Å². The second kappa shape index (κ2) is 3.82. The number of halogens is 1. The van der Waals surface area contributed by atoms with Crippen molar-refractivity contribution in [3.63, 3.8) is 0 Å². The Labute approximate surface area is 71.2 Å². The van der Waals surface area contributed by atoms with E-state index in [-0.39, 0.29) is 0 Å². The van der Waals surface area contributed by atoms with Crippen molar-refractivity contribution in [3.8, 4) is 0 Å². The van der Waals surface area contributed by atoms with Gasteiger partial charge in [-0.3, -0.25) is 0 Å². The zero-order chi connectivity index (χ0) is 7.40. The first-order valence-electron chi connectivity index (χ1n) is 3.20. The average molecular weight is 195 g/mol. The molecule has 0 spiro atoms. The normalized spacial score (nSPS) is 9.70. The number of benzene rings is 1. The van der Waals surface area contributed by atoms with Crippen LogP contribution in [0.5, 0.6) is 0 Å². The second-order valence-corrected chi connectivity index (χ2v) is 2.72. The molecule has 1 rings (SSSR count). The minimum Gasteiger partial charge on any atom is -0.0876 e. The maximum atomic E-state index is 5.46. The van der Waals surface area contributed by atoms with Crippen LogP contribution in [0.25, 0.3) is 0 Å². The fraction of sp³-hybridized carbons (Fsp3) is 0.250. The monoisotopic (exact) mass is 194 g/mol. The highest BCUT2D eigenvalue weighted by atomic mass is 79.9. The number of alkyl halides is 1. The highest BCUT2D eigenvalue weighted by Crippen LogP contribution is 2.07. The summed E-state index contributed by atoms with van der Waals surface area (Å²) in [6, 6.07) is 8.24. The molecule has 0 aliphatic rings. The van der Waals surface area contributed by atoms with E-state index in [1.54, 1.807) is 0 Å². The lowest BCUT2D eigenvalue weighted by molar-refractivity contribution is 1.33. The Morgan fingerprint density at radius 3 is 2.60 bits per heavy atom. The van der Waals surface area contributed by atoms with E-state index in [1.165, 1.54) is 11.1 Å². The van der Waals surface area contributed by atoms with Crippen LogP contribution in [-0.4, -0.2) is 7.85 Å². The summed E-state index contributed by atoms with van der Waals surface area (Å²) < 4.78 is 0. The van der Waals surface area contributed by atoms with E-state index in [0.29, 0.717) is 6.32 Å².